The molecule has 0 saturated heterocycles. The van der Waals surface area contributed by atoms with Gasteiger partial charge < -0.3 is 10.1 Å². The third-order valence-corrected chi connectivity index (χ3v) is 4.53. The minimum absolute atomic E-state index is 0.105. The summed E-state index contributed by atoms with van der Waals surface area (Å²) < 4.78 is 18.7. The van der Waals surface area contributed by atoms with E-state index in [1.807, 2.05) is 24.4 Å². The van der Waals surface area contributed by atoms with Crippen LogP contribution in [0.1, 0.15) is 23.4 Å². The highest BCUT2D eigenvalue weighted by Gasteiger charge is 2.16. The molecular weight excluding hydrogens is 297 g/mol. The largest absolute Gasteiger partial charge is 0.496 e. The van der Waals surface area contributed by atoms with Crippen LogP contribution in [0.4, 0.5) is 4.39 Å². The molecule has 0 spiro atoms. The highest BCUT2D eigenvalue weighted by atomic mass is 35.5. The van der Waals surface area contributed by atoms with Gasteiger partial charge in [0.05, 0.1) is 12.1 Å². The van der Waals surface area contributed by atoms with Gasteiger partial charge in [0.1, 0.15) is 11.6 Å². The van der Waals surface area contributed by atoms with Crippen LogP contribution in [-0.2, 0) is 6.42 Å². The van der Waals surface area contributed by atoms with Crippen molar-refractivity contribution in [2.75, 3.05) is 13.7 Å². The molecule has 5 heteroatoms. The van der Waals surface area contributed by atoms with Crippen LogP contribution in [0, 0.1) is 5.82 Å². The number of likely N-dealkylation sites (N-methyl/N-ethyl adjacent to an activating group) is 1. The molecule has 1 aromatic heterocycles. The molecule has 0 radical (unpaired) electrons. The van der Waals surface area contributed by atoms with Gasteiger partial charge >= 0.3 is 0 Å². The molecule has 0 aliphatic rings. The minimum atomic E-state index is -0.372. The van der Waals surface area contributed by atoms with Gasteiger partial charge in [-0.2, -0.15) is 0 Å². The second kappa shape index (κ2) is 7.07. The molecule has 0 amide bonds. The first kappa shape index (κ1) is 15.3. The average Bonchev–Trinajstić information content (AvgIpc) is 2.92. The predicted octanol–water partition coefficient (Wildman–Crippen LogP) is 4.44. The normalized spacial score (nSPS) is 12.4. The van der Waals surface area contributed by atoms with Crippen molar-refractivity contribution in [3.63, 3.8) is 0 Å². The number of benzene rings is 1. The summed E-state index contributed by atoms with van der Waals surface area (Å²) in [5.74, 6) is 0.474. The molecule has 0 bridgehead atoms. The van der Waals surface area contributed by atoms with E-state index in [1.54, 1.807) is 24.5 Å². The summed E-state index contributed by atoms with van der Waals surface area (Å²) >= 11 is 7.66. The Balaban J connectivity index is 2.23. The summed E-state index contributed by atoms with van der Waals surface area (Å²) in [5, 5.41) is 5.58. The first-order valence-corrected chi connectivity index (χ1v) is 7.70. The summed E-state index contributed by atoms with van der Waals surface area (Å²) in [5.41, 5.74) is 0.810. The van der Waals surface area contributed by atoms with Crippen LogP contribution >= 0.6 is 22.9 Å². The zero-order valence-electron chi connectivity index (χ0n) is 11.5. The lowest BCUT2D eigenvalue weighted by Crippen LogP contribution is -2.22. The van der Waals surface area contributed by atoms with Crippen LogP contribution in [-0.4, -0.2) is 13.7 Å². The highest BCUT2D eigenvalue weighted by Crippen LogP contribution is 2.31. The van der Waals surface area contributed by atoms with Crippen LogP contribution in [0.15, 0.2) is 29.6 Å². The van der Waals surface area contributed by atoms with E-state index >= 15 is 0 Å². The Morgan fingerprint density at radius 3 is 2.90 bits per heavy atom. The summed E-state index contributed by atoms with van der Waals surface area (Å²) in [6.07, 6.45) is 0.647. The van der Waals surface area contributed by atoms with Gasteiger partial charge in [0.15, 0.2) is 0 Å². The Bertz CT molecular complexity index is 573. The average molecular weight is 314 g/mol. The third kappa shape index (κ3) is 3.51. The van der Waals surface area contributed by atoms with Crippen molar-refractivity contribution >= 4 is 22.9 Å². The first-order chi connectivity index (χ1) is 9.65. The van der Waals surface area contributed by atoms with Crippen molar-refractivity contribution in [2.24, 2.45) is 0 Å². The number of ether oxygens (including phenoxy) is 1. The van der Waals surface area contributed by atoms with Gasteiger partial charge in [-0.3, -0.25) is 0 Å². The SMILES string of the molecule is CCNC(Cc1cccc(F)c1Cl)c1cc(OC)cs1. The quantitative estimate of drug-likeness (QED) is 0.851. The molecule has 1 N–H and O–H groups in total. The number of nitrogens with one attached hydrogen (secondary N) is 1. The molecule has 0 saturated carbocycles. The molecule has 1 aromatic carbocycles. The number of halogens is 2. The van der Waals surface area contributed by atoms with E-state index in [0.29, 0.717) is 6.42 Å². The molecule has 2 rings (SSSR count). The fourth-order valence-corrected chi connectivity index (χ4v) is 3.20. The molecular formula is C15H17ClFNOS. The van der Waals surface area contributed by atoms with Crippen molar-refractivity contribution in [1.29, 1.82) is 0 Å². The van der Waals surface area contributed by atoms with Gasteiger partial charge in [0.25, 0.3) is 0 Å². The zero-order valence-corrected chi connectivity index (χ0v) is 13.0. The van der Waals surface area contributed by atoms with Crippen molar-refractivity contribution < 1.29 is 9.13 Å². The van der Waals surface area contributed by atoms with Gasteiger partial charge in [-0.25, -0.2) is 4.39 Å². The molecule has 1 atom stereocenters. The summed E-state index contributed by atoms with van der Waals surface area (Å²) in [6.45, 7) is 2.88. The van der Waals surface area contributed by atoms with Crippen LogP contribution in [0.3, 0.4) is 0 Å². The fraction of sp³-hybridized carbons (Fsp3) is 0.333. The summed E-state index contributed by atoms with van der Waals surface area (Å²) in [7, 11) is 1.65. The Labute approximate surface area is 127 Å². The fourth-order valence-electron chi connectivity index (χ4n) is 2.07. The minimum Gasteiger partial charge on any atom is -0.496 e. The van der Waals surface area contributed by atoms with E-state index in [1.165, 1.54) is 6.07 Å². The topological polar surface area (TPSA) is 21.3 Å². The van der Waals surface area contributed by atoms with E-state index in [2.05, 4.69) is 5.32 Å². The number of thiophene rings is 1. The molecule has 20 heavy (non-hydrogen) atoms. The lowest BCUT2D eigenvalue weighted by atomic mass is 10.0. The highest BCUT2D eigenvalue weighted by molar-refractivity contribution is 7.10. The van der Waals surface area contributed by atoms with Crippen LogP contribution in [0.5, 0.6) is 5.75 Å². The number of hydrogen-bond acceptors (Lipinski definition) is 3. The van der Waals surface area contributed by atoms with Crippen LogP contribution < -0.4 is 10.1 Å². The molecule has 2 aromatic rings. The van der Waals surface area contributed by atoms with Gasteiger partial charge in [0.2, 0.25) is 0 Å². The van der Waals surface area contributed by atoms with Crippen molar-refractivity contribution in [1.82, 2.24) is 5.32 Å². The van der Waals surface area contributed by atoms with Crippen molar-refractivity contribution in [3.05, 3.63) is 50.9 Å². The van der Waals surface area contributed by atoms with E-state index < -0.39 is 0 Å². The third-order valence-electron chi connectivity index (χ3n) is 3.08. The summed E-state index contributed by atoms with van der Waals surface area (Å²) in [4.78, 5) is 1.16. The lowest BCUT2D eigenvalue weighted by Gasteiger charge is -2.17. The van der Waals surface area contributed by atoms with E-state index in [9.17, 15) is 4.39 Å². The molecule has 1 unspecified atom stereocenters. The second-order valence-electron chi connectivity index (χ2n) is 4.42. The maximum atomic E-state index is 13.5. The van der Waals surface area contributed by atoms with Crippen LogP contribution in [0.25, 0.3) is 0 Å². The maximum Gasteiger partial charge on any atom is 0.142 e. The molecule has 2 nitrogen and oxygen atoms in total. The number of rotatable bonds is 6. The maximum absolute atomic E-state index is 13.5. The van der Waals surface area contributed by atoms with Gasteiger partial charge in [0, 0.05) is 16.3 Å². The first-order valence-electron chi connectivity index (χ1n) is 6.44. The van der Waals surface area contributed by atoms with Gasteiger partial charge in [-0.05, 0) is 30.7 Å². The van der Waals surface area contributed by atoms with Crippen molar-refractivity contribution in [2.45, 2.75) is 19.4 Å². The predicted molar refractivity (Wildman–Crippen MR) is 82.4 cm³/mol. The van der Waals surface area contributed by atoms with Crippen LogP contribution in [0.2, 0.25) is 5.02 Å². The lowest BCUT2D eigenvalue weighted by molar-refractivity contribution is 0.415. The van der Waals surface area contributed by atoms with Gasteiger partial charge in [-0.1, -0.05) is 30.7 Å². The smallest absolute Gasteiger partial charge is 0.142 e. The zero-order chi connectivity index (χ0) is 14.5. The standard InChI is InChI=1S/C15H17ClFNOS/c1-3-18-13(14-8-11(19-2)9-20-14)7-10-5-4-6-12(17)15(10)16/h4-6,8-9,13,18H,3,7H2,1-2H3. The van der Waals surface area contributed by atoms with E-state index in [4.69, 9.17) is 16.3 Å². The van der Waals surface area contributed by atoms with Crippen molar-refractivity contribution in [3.8, 4) is 5.75 Å². The molecule has 1 heterocycles. The molecule has 108 valence electrons. The van der Waals surface area contributed by atoms with E-state index in [0.717, 1.165) is 22.7 Å². The Morgan fingerprint density at radius 2 is 2.25 bits per heavy atom. The molecule has 0 fully saturated rings. The summed E-state index contributed by atoms with van der Waals surface area (Å²) in [6, 6.07) is 7.04. The Hall–Kier alpha value is -1.10. The molecule has 0 aliphatic heterocycles. The van der Waals surface area contributed by atoms with E-state index in [-0.39, 0.29) is 16.9 Å². The number of hydrogen-bond donors (Lipinski definition) is 1. The monoisotopic (exact) mass is 313 g/mol. The second-order valence-corrected chi connectivity index (χ2v) is 5.74. The van der Waals surface area contributed by atoms with Gasteiger partial charge in [-0.15, -0.1) is 11.3 Å². The number of methoxy groups -OCH3 is 1. The Kier molecular flexibility index (Phi) is 5.40. The molecule has 0 aliphatic carbocycles. The Morgan fingerprint density at radius 1 is 1.45 bits per heavy atom.